The fourth-order valence-electron chi connectivity index (χ4n) is 1.77. The number of hydrogen-bond acceptors (Lipinski definition) is 3. The average molecular weight is 239 g/mol. The Labute approximate surface area is 106 Å². The van der Waals surface area contributed by atoms with Crippen molar-refractivity contribution >= 4 is 0 Å². The van der Waals surface area contributed by atoms with Gasteiger partial charge in [-0.15, -0.1) is 0 Å². The van der Waals surface area contributed by atoms with Gasteiger partial charge in [0.2, 0.25) is 0 Å². The molecule has 0 unspecified atom stereocenters. The summed E-state index contributed by atoms with van der Waals surface area (Å²) in [5, 5.41) is 8.94. The maximum absolute atomic E-state index is 8.94. The van der Waals surface area contributed by atoms with Crippen molar-refractivity contribution in [3.63, 3.8) is 0 Å². The van der Waals surface area contributed by atoms with E-state index in [1.807, 2.05) is 30.3 Å². The van der Waals surface area contributed by atoms with E-state index in [0.29, 0.717) is 5.56 Å². The molecule has 0 saturated carbocycles. The van der Waals surface area contributed by atoms with Gasteiger partial charge in [0.15, 0.2) is 0 Å². The Morgan fingerprint density at radius 1 is 0.944 bits per heavy atom. The summed E-state index contributed by atoms with van der Waals surface area (Å²) in [4.78, 5) is 0. The van der Waals surface area contributed by atoms with Crippen LogP contribution < -0.4 is 9.47 Å². The molecule has 0 N–H and O–H groups in total. The van der Waals surface area contributed by atoms with E-state index in [1.165, 1.54) is 0 Å². The van der Waals surface area contributed by atoms with Crippen LogP contribution in [0, 0.1) is 11.3 Å². The van der Waals surface area contributed by atoms with E-state index in [1.54, 1.807) is 26.4 Å². The summed E-state index contributed by atoms with van der Waals surface area (Å²) in [6, 6.07) is 15.1. The van der Waals surface area contributed by atoms with E-state index in [0.717, 1.165) is 22.6 Å². The predicted octanol–water partition coefficient (Wildman–Crippen LogP) is 3.24. The number of benzene rings is 2. The van der Waals surface area contributed by atoms with Crippen LogP contribution >= 0.6 is 0 Å². The van der Waals surface area contributed by atoms with Gasteiger partial charge < -0.3 is 9.47 Å². The molecule has 0 aromatic heterocycles. The molecule has 90 valence electrons. The molecule has 0 aliphatic rings. The first-order chi connectivity index (χ1) is 8.78. The van der Waals surface area contributed by atoms with Gasteiger partial charge in [-0.05, 0) is 35.9 Å². The fraction of sp³-hybridized carbons (Fsp3) is 0.133. The zero-order valence-electron chi connectivity index (χ0n) is 10.3. The second kappa shape index (κ2) is 5.24. The summed E-state index contributed by atoms with van der Waals surface area (Å²) < 4.78 is 10.4. The van der Waals surface area contributed by atoms with Gasteiger partial charge in [-0.3, -0.25) is 0 Å². The van der Waals surface area contributed by atoms with E-state index in [2.05, 4.69) is 6.07 Å². The lowest BCUT2D eigenvalue weighted by Gasteiger charge is -2.09. The molecule has 0 spiro atoms. The van der Waals surface area contributed by atoms with Gasteiger partial charge in [-0.2, -0.15) is 5.26 Å². The van der Waals surface area contributed by atoms with Gasteiger partial charge in [0.25, 0.3) is 0 Å². The van der Waals surface area contributed by atoms with Gasteiger partial charge in [0.1, 0.15) is 11.5 Å². The van der Waals surface area contributed by atoms with Crippen molar-refractivity contribution in [1.82, 2.24) is 0 Å². The Hall–Kier alpha value is -2.47. The molecule has 2 rings (SSSR count). The molecule has 0 aliphatic carbocycles. The number of nitriles is 1. The lowest BCUT2D eigenvalue weighted by Crippen LogP contribution is -1.89. The lowest BCUT2D eigenvalue weighted by molar-refractivity contribution is 0.414. The molecule has 3 nitrogen and oxygen atoms in total. The van der Waals surface area contributed by atoms with E-state index >= 15 is 0 Å². The lowest BCUT2D eigenvalue weighted by atomic mass is 10.0. The molecule has 18 heavy (non-hydrogen) atoms. The second-order valence-electron chi connectivity index (χ2n) is 3.76. The average Bonchev–Trinajstić information content (AvgIpc) is 2.46. The number of hydrogen-bond donors (Lipinski definition) is 0. The SMILES string of the molecule is COc1ccc(-c2cc(C#N)ccc2OC)cc1. The monoisotopic (exact) mass is 239 g/mol. The molecule has 0 radical (unpaired) electrons. The van der Waals surface area contributed by atoms with Crippen LogP contribution in [-0.2, 0) is 0 Å². The van der Waals surface area contributed by atoms with Crippen molar-refractivity contribution in [2.75, 3.05) is 14.2 Å². The maximum atomic E-state index is 8.94. The van der Waals surface area contributed by atoms with Crippen LogP contribution in [0.3, 0.4) is 0 Å². The summed E-state index contributed by atoms with van der Waals surface area (Å²) in [7, 11) is 3.25. The zero-order chi connectivity index (χ0) is 13.0. The van der Waals surface area contributed by atoms with Crippen LogP contribution in [0.2, 0.25) is 0 Å². The Morgan fingerprint density at radius 2 is 1.67 bits per heavy atom. The van der Waals surface area contributed by atoms with Crippen LogP contribution in [0.25, 0.3) is 11.1 Å². The van der Waals surface area contributed by atoms with Crippen LogP contribution in [-0.4, -0.2) is 14.2 Å². The Morgan fingerprint density at radius 3 is 2.22 bits per heavy atom. The van der Waals surface area contributed by atoms with Crippen molar-refractivity contribution in [1.29, 1.82) is 5.26 Å². The van der Waals surface area contributed by atoms with Crippen LogP contribution in [0.5, 0.6) is 11.5 Å². The zero-order valence-corrected chi connectivity index (χ0v) is 10.3. The molecular formula is C15H13NO2. The van der Waals surface area contributed by atoms with Gasteiger partial charge >= 0.3 is 0 Å². The topological polar surface area (TPSA) is 42.2 Å². The molecule has 3 heteroatoms. The standard InChI is InChI=1S/C15H13NO2/c1-17-13-6-4-12(5-7-13)14-9-11(10-16)3-8-15(14)18-2/h3-9H,1-2H3. The van der Waals surface area contributed by atoms with Gasteiger partial charge in [-0.1, -0.05) is 12.1 Å². The van der Waals surface area contributed by atoms with Crippen molar-refractivity contribution in [3.8, 4) is 28.7 Å². The third kappa shape index (κ3) is 2.28. The maximum Gasteiger partial charge on any atom is 0.126 e. The molecule has 0 amide bonds. The second-order valence-corrected chi connectivity index (χ2v) is 3.76. The highest BCUT2D eigenvalue weighted by Gasteiger charge is 2.07. The third-order valence-electron chi connectivity index (χ3n) is 2.73. The first kappa shape index (κ1) is 12.0. The Kier molecular flexibility index (Phi) is 3.49. The van der Waals surface area contributed by atoms with Crippen molar-refractivity contribution in [2.45, 2.75) is 0 Å². The number of rotatable bonds is 3. The highest BCUT2D eigenvalue weighted by molar-refractivity contribution is 5.72. The summed E-state index contributed by atoms with van der Waals surface area (Å²) >= 11 is 0. The number of nitrogens with zero attached hydrogens (tertiary/aromatic N) is 1. The van der Waals surface area contributed by atoms with Crippen LogP contribution in [0.15, 0.2) is 42.5 Å². The van der Waals surface area contributed by atoms with Crippen molar-refractivity contribution < 1.29 is 9.47 Å². The van der Waals surface area contributed by atoms with E-state index in [-0.39, 0.29) is 0 Å². The fourth-order valence-corrected chi connectivity index (χ4v) is 1.77. The molecule has 2 aromatic rings. The highest BCUT2D eigenvalue weighted by Crippen LogP contribution is 2.31. The minimum atomic E-state index is 0.613. The molecular weight excluding hydrogens is 226 g/mol. The van der Waals surface area contributed by atoms with Gasteiger partial charge in [0.05, 0.1) is 25.9 Å². The van der Waals surface area contributed by atoms with Crippen LogP contribution in [0.1, 0.15) is 5.56 Å². The largest absolute Gasteiger partial charge is 0.497 e. The summed E-state index contributed by atoms with van der Waals surface area (Å²) in [5.74, 6) is 1.55. The van der Waals surface area contributed by atoms with Crippen LogP contribution in [0.4, 0.5) is 0 Å². The minimum absolute atomic E-state index is 0.613. The molecule has 0 bridgehead atoms. The van der Waals surface area contributed by atoms with Gasteiger partial charge in [-0.25, -0.2) is 0 Å². The van der Waals surface area contributed by atoms with Crippen molar-refractivity contribution in [3.05, 3.63) is 48.0 Å². The molecule has 2 aromatic carbocycles. The quantitative estimate of drug-likeness (QED) is 0.825. The first-order valence-electron chi connectivity index (χ1n) is 5.51. The smallest absolute Gasteiger partial charge is 0.126 e. The van der Waals surface area contributed by atoms with E-state index in [4.69, 9.17) is 14.7 Å². The number of methoxy groups -OCH3 is 2. The van der Waals surface area contributed by atoms with E-state index < -0.39 is 0 Å². The summed E-state index contributed by atoms with van der Waals surface area (Å²) in [5.41, 5.74) is 2.51. The van der Waals surface area contributed by atoms with Gasteiger partial charge in [0, 0.05) is 5.56 Å². The Balaban J connectivity index is 2.50. The first-order valence-corrected chi connectivity index (χ1v) is 5.51. The molecule has 0 fully saturated rings. The highest BCUT2D eigenvalue weighted by atomic mass is 16.5. The molecule has 0 atom stereocenters. The molecule has 0 heterocycles. The summed E-state index contributed by atoms with van der Waals surface area (Å²) in [6.45, 7) is 0. The third-order valence-corrected chi connectivity index (χ3v) is 2.73. The molecule has 0 aliphatic heterocycles. The minimum Gasteiger partial charge on any atom is -0.497 e. The Bertz CT molecular complexity index is 582. The predicted molar refractivity (Wildman–Crippen MR) is 69.7 cm³/mol. The van der Waals surface area contributed by atoms with E-state index in [9.17, 15) is 0 Å². The number of ether oxygens (including phenoxy) is 2. The molecule has 0 saturated heterocycles. The normalized spacial score (nSPS) is 9.61. The summed E-state index contributed by atoms with van der Waals surface area (Å²) in [6.07, 6.45) is 0. The van der Waals surface area contributed by atoms with Crippen molar-refractivity contribution in [2.24, 2.45) is 0 Å².